The zero-order chi connectivity index (χ0) is 15.2. The third kappa shape index (κ3) is 3.76. The first-order valence-electron chi connectivity index (χ1n) is 7.21. The van der Waals surface area contributed by atoms with Crippen molar-refractivity contribution < 1.29 is 9.47 Å². The van der Waals surface area contributed by atoms with Gasteiger partial charge in [0.1, 0.15) is 6.61 Å². The van der Waals surface area contributed by atoms with Crippen molar-refractivity contribution in [3.8, 4) is 11.5 Å². The Morgan fingerprint density at radius 1 is 1.24 bits per heavy atom. The van der Waals surface area contributed by atoms with Crippen LogP contribution in [0.3, 0.4) is 0 Å². The second-order valence-electron chi connectivity index (χ2n) is 4.91. The third-order valence-corrected chi connectivity index (χ3v) is 3.32. The van der Waals surface area contributed by atoms with E-state index in [1.54, 1.807) is 7.11 Å². The number of methoxy groups -OCH3 is 1. The van der Waals surface area contributed by atoms with Gasteiger partial charge in [-0.2, -0.15) is 5.10 Å². The highest BCUT2D eigenvalue weighted by molar-refractivity contribution is 5.43. The first kappa shape index (κ1) is 15.4. The molecule has 0 aliphatic carbocycles. The molecule has 2 aromatic rings. The molecule has 0 fully saturated rings. The Labute approximate surface area is 125 Å². The van der Waals surface area contributed by atoms with Crippen LogP contribution in [-0.2, 0) is 19.6 Å². The summed E-state index contributed by atoms with van der Waals surface area (Å²) in [6.45, 7) is 5.98. The van der Waals surface area contributed by atoms with E-state index >= 15 is 0 Å². The number of hydrogen-bond donors (Lipinski definition) is 1. The fraction of sp³-hybridized carbons (Fsp3) is 0.438. The molecule has 0 aliphatic rings. The molecular formula is C16H23N3O2. The van der Waals surface area contributed by atoms with E-state index < -0.39 is 0 Å². The summed E-state index contributed by atoms with van der Waals surface area (Å²) < 4.78 is 13.2. The number of benzene rings is 1. The van der Waals surface area contributed by atoms with Crippen LogP contribution in [0.2, 0.25) is 0 Å². The molecule has 1 aromatic carbocycles. The number of aryl methyl sites for hydroxylation is 2. The second kappa shape index (κ2) is 7.13. The van der Waals surface area contributed by atoms with E-state index in [1.807, 2.05) is 35.9 Å². The minimum absolute atomic E-state index is 0.473. The Morgan fingerprint density at radius 2 is 2.05 bits per heavy atom. The molecule has 0 saturated heterocycles. The van der Waals surface area contributed by atoms with Gasteiger partial charge >= 0.3 is 0 Å². The average Bonchev–Trinajstić information content (AvgIpc) is 2.86. The molecule has 0 saturated carbocycles. The Bertz CT molecular complexity index is 593. The smallest absolute Gasteiger partial charge is 0.161 e. The van der Waals surface area contributed by atoms with Gasteiger partial charge in [-0.15, -0.1) is 0 Å². The fourth-order valence-electron chi connectivity index (χ4n) is 2.29. The van der Waals surface area contributed by atoms with E-state index in [-0.39, 0.29) is 0 Å². The molecule has 5 nitrogen and oxygen atoms in total. The van der Waals surface area contributed by atoms with Crippen LogP contribution in [0.4, 0.5) is 0 Å². The molecule has 5 heteroatoms. The molecule has 0 radical (unpaired) electrons. The van der Waals surface area contributed by atoms with Crippen molar-refractivity contribution in [2.75, 3.05) is 13.7 Å². The fourth-order valence-corrected chi connectivity index (χ4v) is 2.29. The Kier molecular flexibility index (Phi) is 5.22. The lowest BCUT2D eigenvalue weighted by Crippen LogP contribution is -2.07. The van der Waals surface area contributed by atoms with Gasteiger partial charge in [-0.25, -0.2) is 0 Å². The molecule has 0 aliphatic heterocycles. The second-order valence-corrected chi connectivity index (χ2v) is 4.91. The lowest BCUT2D eigenvalue weighted by molar-refractivity contribution is 0.274. The van der Waals surface area contributed by atoms with E-state index in [0.29, 0.717) is 13.2 Å². The number of nitrogens with two attached hydrogens (primary N) is 1. The summed E-state index contributed by atoms with van der Waals surface area (Å²) in [5.41, 5.74) is 8.79. The van der Waals surface area contributed by atoms with Crippen LogP contribution in [0.1, 0.15) is 23.9 Å². The van der Waals surface area contributed by atoms with Crippen molar-refractivity contribution >= 4 is 0 Å². The number of rotatable bonds is 7. The first-order valence-corrected chi connectivity index (χ1v) is 7.21. The maximum atomic E-state index is 5.89. The Hall–Kier alpha value is -2.01. The summed E-state index contributed by atoms with van der Waals surface area (Å²) >= 11 is 0. The van der Waals surface area contributed by atoms with Crippen molar-refractivity contribution in [2.24, 2.45) is 5.73 Å². The molecule has 0 spiro atoms. The van der Waals surface area contributed by atoms with Crippen LogP contribution >= 0.6 is 0 Å². The van der Waals surface area contributed by atoms with Crippen LogP contribution in [0.15, 0.2) is 24.3 Å². The standard InChI is InChI=1S/C16H23N3O2/c1-4-19-14(9-12(2)18-19)11-21-15-6-5-13(7-8-17)10-16(15)20-3/h5-6,9-10H,4,7-8,11,17H2,1-3H3. The van der Waals surface area contributed by atoms with Crippen LogP contribution in [0, 0.1) is 6.92 Å². The highest BCUT2D eigenvalue weighted by atomic mass is 16.5. The summed E-state index contributed by atoms with van der Waals surface area (Å²) in [6.07, 6.45) is 0.832. The molecule has 2 rings (SSSR count). The van der Waals surface area contributed by atoms with Gasteiger partial charge in [-0.3, -0.25) is 4.68 Å². The van der Waals surface area contributed by atoms with Crippen LogP contribution in [-0.4, -0.2) is 23.4 Å². The van der Waals surface area contributed by atoms with Gasteiger partial charge in [0.05, 0.1) is 18.5 Å². The highest BCUT2D eigenvalue weighted by Crippen LogP contribution is 2.29. The first-order chi connectivity index (χ1) is 10.2. The summed E-state index contributed by atoms with van der Waals surface area (Å²) in [5.74, 6) is 1.47. The molecular weight excluding hydrogens is 266 g/mol. The maximum Gasteiger partial charge on any atom is 0.161 e. The minimum atomic E-state index is 0.473. The van der Waals surface area contributed by atoms with Crippen molar-refractivity contribution in [2.45, 2.75) is 33.4 Å². The third-order valence-electron chi connectivity index (χ3n) is 3.32. The molecule has 114 valence electrons. The van der Waals surface area contributed by atoms with Gasteiger partial charge in [0.2, 0.25) is 0 Å². The van der Waals surface area contributed by atoms with Gasteiger partial charge in [0.25, 0.3) is 0 Å². The van der Waals surface area contributed by atoms with Crippen molar-refractivity contribution in [1.82, 2.24) is 9.78 Å². The monoisotopic (exact) mass is 289 g/mol. The van der Waals surface area contributed by atoms with Gasteiger partial charge in [-0.05, 0) is 50.6 Å². The van der Waals surface area contributed by atoms with Crippen LogP contribution in [0.5, 0.6) is 11.5 Å². The predicted molar refractivity (Wildman–Crippen MR) is 82.7 cm³/mol. The minimum Gasteiger partial charge on any atom is -0.493 e. The normalized spacial score (nSPS) is 10.7. The van der Waals surface area contributed by atoms with Crippen molar-refractivity contribution in [1.29, 1.82) is 0 Å². The van der Waals surface area contributed by atoms with Gasteiger partial charge < -0.3 is 15.2 Å². The van der Waals surface area contributed by atoms with E-state index in [1.165, 1.54) is 0 Å². The molecule has 1 aromatic heterocycles. The van der Waals surface area contributed by atoms with E-state index in [4.69, 9.17) is 15.2 Å². The van der Waals surface area contributed by atoms with Gasteiger partial charge in [0, 0.05) is 6.54 Å². The lowest BCUT2D eigenvalue weighted by Gasteiger charge is -2.12. The van der Waals surface area contributed by atoms with Crippen LogP contribution < -0.4 is 15.2 Å². The number of hydrogen-bond acceptors (Lipinski definition) is 4. The molecule has 0 amide bonds. The zero-order valence-corrected chi connectivity index (χ0v) is 12.9. The largest absolute Gasteiger partial charge is 0.493 e. The van der Waals surface area contributed by atoms with Crippen molar-refractivity contribution in [3.05, 3.63) is 41.2 Å². The molecule has 1 heterocycles. The average molecular weight is 289 g/mol. The molecule has 0 atom stereocenters. The summed E-state index contributed by atoms with van der Waals surface area (Å²) in [5, 5.41) is 4.41. The summed E-state index contributed by atoms with van der Waals surface area (Å²) in [6, 6.07) is 7.97. The number of ether oxygens (including phenoxy) is 2. The number of aromatic nitrogens is 2. The van der Waals surface area contributed by atoms with E-state index in [9.17, 15) is 0 Å². The molecule has 0 unspecified atom stereocenters. The SMILES string of the molecule is CCn1nc(C)cc1COc1ccc(CCN)cc1OC. The van der Waals surface area contributed by atoms with E-state index in [0.717, 1.165) is 41.4 Å². The molecule has 0 bridgehead atoms. The summed E-state index contributed by atoms with van der Waals surface area (Å²) in [7, 11) is 1.65. The topological polar surface area (TPSA) is 62.3 Å². The van der Waals surface area contributed by atoms with Gasteiger partial charge in [-0.1, -0.05) is 6.07 Å². The zero-order valence-electron chi connectivity index (χ0n) is 12.9. The van der Waals surface area contributed by atoms with E-state index in [2.05, 4.69) is 12.0 Å². The Balaban J connectivity index is 2.12. The number of nitrogens with zero attached hydrogens (tertiary/aromatic N) is 2. The summed E-state index contributed by atoms with van der Waals surface area (Å²) in [4.78, 5) is 0. The quantitative estimate of drug-likeness (QED) is 0.849. The van der Waals surface area contributed by atoms with Crippen LogP contribution in [0.25, 0.3) is 0 Å². The molecule has 21 heavy (non-hydrogen) atoms. The maximum absolute atomic E-state index is 5.89. The Morgan fingerprint density at radius 3 is 2.71 bits per heavy atom. The van der Waals surface area contributed by atoms with Crippen molar-refractivity contribution in [3.63, 3.8) is 0 Å². The predicted octanol–water partition coefficient (Wildman–Crippen LogP) is 2.30. The van der Waals surface area contributed by atoms with Gasteiger partial charge in [0.15, 0.2) is 11.5 Å². The highest BCUT2D eigenvalue weighted by Gasteiger charge is 2.09. The molecule has 2 N–H and O–H groups in total. The lowest BCUT2D eigenvalue weighted by atomic mass is 10.1.